The molecule has 5 rings (SSSR count). The van der Waals surface area contributed by atoms with Crippen LogP contribution < -0.4 is 14.2 Å². The van der Waals surface area contributed by atoms with Crippen LogP contribution in [0.25, 0.3) is 0 Å². The molecule has 3 aromatic carbocycles. The average molecular weight is 537 g/mol. The number of nitrogens with zero attached hydrogens (tertiary/aromatic N) is 2. The van der Waals surface area contributed by atoms with Gasteiger partial charge in [-0.1, -0.05) is 48.0 Å². The first kappa shape index (κ1) is 25.1. The number of benzene rings is 3. The van der Waals surface area contributed by atoms with Gasteiger partial charge in [0.15, 0.2) is 11.5 Å². The Labute approximate surface area is 223 Å². The van der Waals surface area contributed by atoms with Crippen LogP contribution in [0.5, 0.6) is 17.2 Å². The molecule has 0 radical (unpaired) electrons. The molecule has 1 aromatic heterocycles. The summed E-state index contributed by atoms with van der Waals surface area (Å²) in [5.41, 5.74) is 3.26. The molecule has 0 saturated heterocycles. The van der Waals surface area contributed by atoms with Gasteiger partial charge in [-0.05, 0) is 41.5 Å². The zero-order valence-electron chi connectivity index (χ0n) is 19.9. The van der Waals surface area contributed by atoms with Crippen molar-refractivity contribution in [1.82, 2.24) is 9.88 Å². The number of aromatic nitrogens is 1. The molecule has 0 bridgehead atoms. The summed E-state index contributed by atoms with van der Waals surface area (Å²) < 4.78 is 17.0. The standard InChI is InChI=1S/C28H25ClN2O5S/c29-22-7-9-24(34-16-27-30-23(15-32)17-37-27)21(12-22)14-31(28(33)11-19-4-2-1-3-5-19)13-20-6-8-25-26(10-20)36-18-35-25/h1-10,12,17,32H,11,13-16,18H2. The van der Waals surface area contributed by atoms with Crippen LogP contribution in [-0.4, -0.2) is 27.7 Å². The third-order valence-electron chi connectivity index (χ3n) is 5.86. The lowest BCUT2D eigenvalue weighted by Gasteiger charge is -2.25. The molecular weight excluding hydrogens is 512 g/mol. The number of rotatable bonds is 10. The first-order chi connectivity index (χ1) is 18.1. The number of fused-ring (bicyclic) bond motifs is 1. The number of aliphatic hydroxyl groups is 1. The van der Waals surface area contributed by atoms with E-state index in [1.54, 1.807) is 22.4 Å². The largest absolute Gasteiger partial charge is 0.486 e. The summed E-state index contributed by atoms with van der Waals surface area (Å²) >= 11 is 7.77. The molecule has 2 heterocycles. The van der Waals surface area contributed by atoms with Crippen LogP contribution in [0.2, 0.25) is 5.02 Å². The predicted octanol–water partition coefficient (Wildman–Crippen LogP) is 5.37. The molecule has 4 aromatic rings. The van der Waals surface area contributed by atoms with Crippen LogP contribution in [0.3, 0.4) is 0 Å². The zero-order valence-corrected chi connectivity index (χ0v) is 21.5. The van der Waals surface area contributed by atoms with Gasteiger partial charge < -0.3 is 24.2 Å². The maximum atomic E-state index is 13.5. The molecule has 7 nitrogen and oxygen atoms in total. The van der Waals surface area contributed by atoms with Crippen molar-refractivity contribution in [3.63, 3.8) is 0 Å². The summed E-state index contributed by atoms with van der Waals surface area (Å²) in [7, 11) is 0. The number of aliphatic hydroxyl groups excluding tert-OH is 1. The minimum atomic E-state index is -0.110. The van der Waals surface area contributed by atoms with Gasteiger partial charge in [-0.15, -0.1) is 11.3 Å². The molecule has 1 aliphatic rings. The van der Waals surface area contributed by atoms with Crippen LogP contribution in [0, 0.1) is 0 Å². The Morgan fingerprint density at radius 2 is 1.86 bits per heavy atom. The number of ether oxygens (including phenoxy) is 3. The lowest BCUT2D eigenvalue weighted by molar-refractivity contribution is -0.131. The van der Waals surface area contributed by atoms with E-state index >= 15 is 0 Å². The van der Waals surface area contributed by atoms with E-state index in [0.29, 0.717) is 41.1 Å². The molecule has 37 heavy (non-hydrogen) atoms. The molecule has 0 aliphatic carbocycles. The van der Waals surface area contributed by atoms with E-state index in [-0.39, 0.29) is 32.3 Å². The van der Waals surface area contributed by atoms with Crippen LogP contribution in [0.4, 0.5) is 0 Å². The summed E-state index contributed by atoms with van der Waals surface area (Å²) in [6.45, 7) is 1.01. The van der Waals surface area contributed by atoms with Crippen LogP contribution >= 0.6 is 22.9 Å². The summed E-state index contributed by atoms with van der Waals surface area (Å²) in [6, 6.07) is 20.8. The van der Waals surface area contributed by atoms with E-state index < -0.39 is 0 Å². The van der Waals surface area contributed by atoms with Gasteiger partial charge in [0, 0.05) is 29.1 Å². The number of thiazole rings is 1. The van der Waals surface area contributed by atoms with Crippen molar-refractivity contribution >= 4 is 28.8 Å². The van der Waals surface area contributed by atoms with Gasteiger partial charge in [0.05, 0.1) is 18.7 Å². The van der Waals surface area contributed by atoms with Crippen molar-refractivity contribution in [2.45, 2.75) is 32.7 Å². The fourth-order valence-electron chi connectivity index (χ4n) is 4.02. The minimum absolute atomic E-state index is 0.0256. The first-order valence-electron chi connectivity index (χ1n) is 11.7. The monoisotopic (exact) mass is 536 g/mol. The summed E-state index contributed by atoms with van der Waals surface area (Å²) in [5, 5.41) is 12.4. The Hall–Kier alpha value is -3.59. The highest BCUT2D eigenvalue weighted by atomic mass is 35.5. The Balaban J connectivity index is 1.38. The fourth-order valence-corrected chi connectivity index (χ4v) is 4.91. The van der Waals surface area contributed by atoms with Crippen molar-refractivity contribution in [2.75, 3.05) is 6.79 Å². The highest BCUT2D eigenvalue weighted by Crippen LogP contribution is 2.33. The predicted molar refractivity (Wildman–Crippen MR) is 141 cm³/mol. The van der Waals surface area contributed by atoms with Crippen molar-refractivity contribution < 1.29 is 24.1 Å². The van der Waals surface area contributed by atoms with Gasteiger partial charge in [-0.2, -0.15) is 0 Å². The molecule has 1 amide bonds. The van der Waals surface area contributed by atoms with E-state index in [1.807, 2.05) is 54.6 Å². The topological polar surface area (TPSA) is 81.1 Å². The van der Waals surface area contributed by atoms with Crippen molar-refractivity contribution in [2.24, 2.45) is 0 Å². The maximum Gasteiger partial charge on any atom is 0.231 e. The third kappa shape index (κ3) is 6.40. The van der Waals surface area contributed by atoms with Gasteiger partial charge in [-0.25, -0.2) is 4.98 Å². The Kier molecular flexibility index (Phi) is 7.89. The SMILES string of the molecule is O=C(Cc1ccccc1)N(Cc1ccc2c(c1)OCO2)Cc1cc(Cl)ccc1OCc1nc(CO)cs1. The molecule has 1 N–H and O–H groups in total. The number of halogens is 1. The van der Waals surface area contributed by atoms with E-state index in [2.05, 4.69) is 4.98 Å². The molecule has 0 unspecified atom stereocenters. The molecular formula is C28H25ClN2O5S. The molecule has 0 saturated carbocycles. The van der Waals surface area contributed by atoms with Crippen molar-refractivity contribution in [1.29, 1.82) is 0 Å². The van der Waals surface area contributed by atoms with E-state index in [1.165, 1.54) is 11.3 Å². The average Bonchev–Trinajstić information content (AvgIpc) is 3.57. The lowest BCUT2D eigenvalue weighted by atomic mass is 10.1. The molecule has 1 aliphatic heterocycles. The van der Waals surface area contributed by atoms with Gasteiger partial charge in [0.25, 0.3) is 0 Å². The third-order valence-corrected chi connectivity index (χ3v) is 6.96. The number of hydrogen-bond donors (Lipinski definition) is 1. The Bertz CT molecular complexity index is 1380. The Morgan fingerprint density at radius 3 is 2.68 bits per heavy atom. The zero-order chi connectivity index (χ0) is 25.6. The van der Waals surface area contributed by atoms with Gasteiger partial charge in [0.1, 0.15) is 17.4 Å². The molecule has 0 spiro atoms. The van der Waals surface area contributed by atoms with E-state index in [4.69, 9.17) is 25.8 Å². The highest BCUT2D eigenvalue weighted by Gasteiger charge is 2.20. The summed E-state index contributed by atoms with van der Waals surface area (Å²) in [5.74, 6) is 1.96. The number of amides is 1. The van der Waals surface area contributed by atoms with Crippen molar-refractivity contribution in [3.05, 3.63) is 105 Å². The second kappa shape index (κ2) is 11.6. The minimum Gasteiger partial charge on any atom is -0.486 e. The quantitative estimate of drug-likeness (QED) is 0.293. The number of carbonyl (C=O) groups is 1. The number of hydrogen-bond acceptors (Lipinski definition) is 7. The van der Waals surface area contributed by atoms with E-state index in [0.717, 1.165) is 21.7 Å². The molecule has 0 fully saturated rings. The van der Waals surface area contributed by atoms with Gasteiger partial charge >= 0.3 is 0 Å². The molecule has 0 atom stereocenters. The molecule has 9 heteroatoms. The second-order valence-corrected chi connectivity index (χ2v) is 9.91. The summed E-state index contributed by atoms with van der Waals surface area (Å²) in [6.07, 6.45) is 0.269. The van der Waals surface area contributed by atoms with E-state index in [9.17, 15) is 9.90 Å². The smallest absolute Gasteiger partial charge is 0.231 e. The van der Waals surface area contributed by atoms with Crippen molar-refractivity contribution in [3.8, 4) is 17.2 Å². The lowest BCUT2D eigenvalue weighted by Crippen LogP contribution is -2.31. The van der Waals surface area contributed by atoms with Crippen LogP contribution in [-0.2, 0) is 37.5 Å². The second-order valence-electron chi connectivity index (χ2n) is 8.53. The van der Waals surface area contributed by atoms with Gasteiger partial charge in [-0.3, -0.25) is 4.79 Å². The van der Waals surface area contributed by atoms with Crippen LogP contribution in [0.15, 0.2) is 72.1 Å². The normalized spacial score (nSPS) is 11.9. The summed E-state index contributed by atoms with van der Waals surface area (Å²) in [4.78, 5) is 19.7. The number of carbonyl (C=O) groups excluding carboxylic acids is 1. The highest BCUT2D eigenvalue weighted by molar-refractivity contribution is 7.09. The fraction of sp³-hybridized carbons (Fsp3) is 0.214. The molecule has 190 valence electrons. The van der Waals surface area contributed by atoms with Crippen LogP contribution in [0.1, 0.15) is 27.4 Å². The van der Waals surface area contributed by atoms with Gasteiger partial charge in [0.2, 0.25) is 12.7 Å². The first-order valence-corrected chi connectivity index (χ1v) is 13.0. The Morgan fingerprint density at radius 1 is 1.03 bits per heavy atom. The maximum absolute atomic E-state index is 13.5.